The molecule has 1 aliphatic rings. The van der Waals surface area contributed by atoms with Gasteiger partial charge in [-0.1, -0.05) is 19.0 Å². The Morgan fingerprint density at radius 3 is 2.87 bits per heavy atom. The quantitative estimate of drug-likeness (QED) is 0.880. The van der Waals surface area contributed by atoms with Gasteiger partial charge in [-0.2, -0.15) is 10.1 Å². The van der Waals surface area contributed by atoms with Crippen molar-refractivity contribution in [3.05, 3.63) is 29.7 Å². The van der Waals surface area contributed by atoms with Crippen molar-refractivity contribution < 1.29 is 9.26 Å². The summed E-state index contributed by atoms with van der Waals surface area (Å²) < 4.78 is 13.1. The Balaban J connectivity index is 1.58. The molecule has 3 rings (SSSR count). The topological polar surface area (TPSA) is 78.0 Å². The lowest BCUT2D eigenvalue weighted by molar-refractivity contribution is 0.0895. The SMILES string of the molecule is CC(C)c1noc(C(C)NCC2CCOC2c2cnn(C)c2)n1. The summed E-state index contributed by atoms with van der Waals surface area (Å²) in [5.41, 5.74) is 1.14. The van der Waals surface area contributed by atoms with Gasteiger partial charge in [0.25, 0.3) is 0 Å². The van der Waals surface area contributed by atoms with Gasteiger partial charge in [0.05, 0.1) is 18.3 Å². The van der Waals surface area contributed by atoms with E-state index in [0.29, 0.717) is 11.8 Å². The molecule has 2 aromatic rings. The van der Waals surface area contributed by atoms with Gasteiger partial charge in [-0.25, -0.2) is 0 Å². The first-order chi connectivity index (χ1) is 11.0. The zero-order valence-corrected chi connectivity index (χ0v) is 14.2. The lowest BCUT2D eigenvalue weighted by Crippen LogP contribution is -2.27. The van der Waals surface area contributed by atoms with Gasteiger partial charge in [-0.15, -0.1) is 0 Å². The molecule has 7 heteroatoms. The number of nitrogens with one attached hydrogen (secondary N) is 1. The van der Waals surface area contributed by atoms with Crippen molar-refractivity contribution >= 4 is 0 Å². The molecule has 0 bridgehead atoms. The van der Waals surface area contributed by atoms with Crippen LogP contribution in [0.15, 0.2) is 16.9 Å². The second kappa shape index (κ2) is 6.80. The van der Waals surface area contributed by atoms with E-state index in [9.17, 15) is 0 Å². The van der Waals surface area contributed by atoms with E-state index in [-0.39, 0.29) is 18.1 Å². The summed E-state index contributed by atoms with van der Waals surface area (Å²) in [6.07, 6.45) is 5.07. The maximum absolute atomic E-state index is 5.89. The number of aryl methyl sites for hydroxylation is 1. The third-order valence-electron chi connectivity index (χ3n) is 4.30. The fourth-order valence-corrected chi connectivity index (χ4v) is 2.87. The third-order valence-corrected chi connectivity index (χ3v) is 4.30. The van der Waals surface area contributed by atoms with Crippen molar-refractivity contribution in [1.82, 2.24) is 25.2 Å². The largest absolute Gasteiger partial charge is 0.373 e. The second-order valence-electron chi connectivity index (χ2n) is 6.56. The third kappa shape index (κ3) is 3.61. The molecule has 0 amide bonds. The molecule has 0 spiro atoms. The van der Waals surface area contributed by atoms with E-state index in [1.807, 2.05) is 31.0 Å². The Morgan fingerprint density at radius 2 is 2.22 bits per heavy atom. The summed E-state index contributed by atoms with van der Waals surface area (Å²) in [5, 5.41) is 11.8. The fraction of sp³-hybridized carbons (Fsp3) is 0.688. The average molecular weight is 319 g/mol. The predicted molar refractivity (Wildman–Crippen MR) is 84.8 cm³/mol. The summed E-state index contributed by atoms with van der Waals surface area (Å²) in [7, 11) is 1.93. The van der Waals surface area contributed by atoms with Crippen LogP contribution in [0.5, 0.6) is 0 Å². The highest BCUT2D eigenvalue weighted by Crippen LogP contribution is 2.34. The minimum absolute atomic E-state index is 0.0325. The van der Waals surface area contributed by atoms with Crippen molar-refractivity contribution in [2.45, 2.75) is 45.3 Å². The molecular formula is C16H25N5O2. The normalized spacial score (nSPS) is 22.8. The standard InChI is InChI=1S/C16H25N5O2/c1-10(2)15-19-16(23-20-15)11(3)17-7-12-5-6-22-14(12)13-8-18-21(4)9-13/h8-12,14,17H,5-7H2,1-4H3. The molecule has 23 heavy (non-hydrogen) atoms. The van der Waals surface area contributed by atoms with Crippen LogP contribution in [0, 0.1) is 5.92 Å². The van der Waals surface area contributed by atoms with E-state index in [1.165, 1.54) is 0 Å². The van der Waals surface area contributed by atoms with Gasteiger partial charge >= 0.3 is 0 Å². The number of ether oxygens (including phenoxy) is 1. The molecule has 1 aliphatic heterocycles. The second-order valence-corrected chi connectivity index (χ2v) is 6.56. The van der Waals surface area contributed by atoms with Crippen LogP contribution in [0.4, 0.5) is 0 Å². The molecule has 1 saturated heterocycles. The van der Waals surface area contributed by atoms with E-state index >= 15 is 0 Å². The highest BCUT2D eigenvalue weighted by molar-refractivity contribution is 5.11. The average Bonchev–Trinajstić information content (AvgIpc) is 3.24. The number of hydrogen-bond donors (Lipinski definition) is 1. The molecule has 7 nitrogen and oxygen atoms in total. The molecule has 1 fully saturated rings. The van der Waals surface area contributed by atoms with Crippen LogP contribution >= 0.6 is 0 Å². The van der Waals surface area contributed by atoms with Crippen LogP contribution in [0.1, 0.15) is 62.5 Å². The molecular weight excluding hydrogens is 294 g/mol. The maximum Gasteiger partial charge on any atom is 0.243 e. The Labute approximate surface area is 136 Å². The van der Waals surface area contributed by atoms with Crippen molar-refractivity contribution in [2.24, 2.45) is 13.0 Å². The van der Waals surface area contributed by atoms with Crippen LogP contribution in [-0.2, 0) is 11.8 Å². The molecule has 1 N–H and O–H groups in total. The molecule has 3 atom stereocenters. The van der Waals surface area contributed by atoms with Crippen LogP contribution in [0.3, 0.4) is 0 Å². The van der Waals surface area contributed by atoms with Gasteiger partial charge in [0.15, 0.2) is 5.82 Å². The smallest absolute Gasteiger partial charge is 0.243 e. The molecule has 3 unspecified atom stereocenters. The van der Waals surface area contributed by atoms with Crippen LogP contribution in [-0.4, -0.2) is 33.1 Å². The van der Waals surface area contributed by atoms with Gasteiger partial charge in [-0.3, -0.25) is 4.68 Å². The van der Waals surface area contributed by atoms with Gasteiger partial charge in [0.2, 0.25) is 5.89 Å². The van der Waals surface area contributed by atoms with Gasteiger partial charge in [0, 0.05) is 43.8 Å². The number of rotatable bonds is 6. The Bertz CT molecular complexity index is 636. The minimum atomic E-state index is 0.0325. The lowest BCUT2D eigenvalue weighted by Gasteiger charge is -2.19. The summed E-state index contributed by atoms with van der Waals surface area (Å²) >= 11 is 0. The van der Waals surface area contributed by atoms with Gasteiger partial charge < -0.3 is 14.6 Å². The van der Waals surface area contributed by atoms with E-state index in [2.05, 4.69) is 34.4 Å². The first-order valence-electron chi connectivity index (χ1n) is 8.21. The zero-order valence-electron chi connectivity index (χ0n) is 14.2. The monoisotopic (exact) mass is 319 g/mol. The Hall–Kier alpha value is -1.73. The highest BCUT2D eigenvalue weighted by atomic mass is 16.5. The molecule has 2 aromatic heterocycles. The summed E-state index contributed by atoms with van der Waals surface area (Å²) in [5.74, 6) is 2.10. The molecule has 0 aromatic carbocycles. The number of hydrogen-bond acceptors (Lipinski definition) is 6. The van der Waals surface area contributed by atoms with Crippen LogP contribution in [0.2, 0.25) is 0 Å². The summed E-state index contributed by atoms with van der Waals surface area (Å²) in [6, 6.07) is 0.0325. The Kier molecular flexibility index (Phi) is 4.77. The highest BCUT2D eigenvalue weighted by Gasteiger charge is 2.31. The molecule has 0 aliphatic carbocycles. The first kappa shape index (κ1) is 16.1. The van der Waals surface area contributed by atoms with Crippen molar-refractivity contribution in [3.63, 3.8) is 0 Å². The van der Waals surface area contributed by atoms with Crippen molar-refractivity contribution in [3.8, 4) is 0 Å². The Morgan fingerprint density at radius 1 is 1.39 bits per heavy atom. The molecule has 126 valence electrons. The van der Waals surface area contributed by atoms with E-state index in [0.717, 1.165) is 31.0 Å². The van der Waals surface area contributed by atoms with Crippen LogP contribution in [0.25, 0.3) is 0 Å². The van der Waals surface area contributed by atoms with Crippen LogP contribution < -0.4 is 5.32 Å². The summed E-state index contributed by atoms with van der Waals surface area (Å²) in [4.78, 5) is 4.45. The minimum Gasteiger partial charge on any atom is -0.373 e. The van der Waals surface area contributed by atoms with E-state index in [1.54, 1.807) is 0 Å². The van der Waals surface area contributed by atoms with Gasteiger partial charge in [-0.05, 0) is 13.3 Å². The predicted octanol–water partition coefficient (Wildman–Crippen LogP) is 2.35. The molecule has 3 heterocycles. The number of aromatic nitrogens is 4. The number of nitrogens with zero attached hydrogens (tertiary/aromatic N) is 4. The van der Waals surface area contributed by atoms with Gasteiger partial charge in [0.1, 0.15) is 0 Å². The molecule has 0 radical (unpaired) electrons. The summed E-state index contributed by atoms with van der Waals surface area (Å²) in [6.45, 7) is 7.80. The maximum atomic E-state index is 5.89. The van der Waals surface area contributed by atoms with Crippen molar-refractivity contribution in [1.29, 1.82) is 0 Å². The first-order valence-corrected chi connectivity index (χ1v) is 8.21. The van der Waals surface area contributed by atoms with E-state index < -0.39 is 0 Å². The molecule has 0 saturated carbocycles. The fourth-order valence-electron chi connectivity index (χ4n) is 2.87. The lowest BCUT2D eigenvalue weighted by atomic mass is 9.97. The van der Waals surface area contributed by atoms with Crippen molar-refractivity contribution in [2.75, 3.05) is 13.2 Å². The zero-order chi connectivity index (χ0) is 16.4. The van der Waals surface area contributed by atoms with E-state index in [4.69, 9.17) is 9.26 Å².